The highest BCUT2D eigenvalue weighted by Crippen LogP contribution is 2.15. The molecule has 0 aliphatic carbocycles. The summed E-state index contributed by atoms with van der Waals surface area (Å²) in [6, 6.07) is 3.05. The summed E-state index contributed by atoms with van der Waals surface area (Å²) < 4.78 is 0. The van der Waals surface area contributed by atoms with Gasteiger partial charge in [-0.05, 0) is 50.4 Å². The van der Waals surface area contributed by atoms with Crippen molar-refractivity contribution in [1.82, 2.24) is 26.6 Å². The molecule has 1 aliphatic heterocycles. The number of hydrogen-bond acceptors (Lipinski definition) is 9. The van der Waals surface area contributed by atoms with Crippen LogP contribution in [0.15, 0.2) is 24.3 Å². The molecule has 3 amide bonds. The molecule has 35 heavy (non-hydrogen) atoms. The Hall–Kier alpha value is -3.26. The van der Waals surface area contributed by atoms with Crippen LogP contribution in [0.5, 0.6) is 5.75 Å². The Morgan fingerprint density at radius 3 is 2.43 bits per heavy atom. The summed E-state index contributed by atoms with van der Waals surface area (Å²) in [4.78, 5) is 47.6. The highest BCUT2D eigenvalue weighted by molar-refractivity contribution is 5.91. The first-order valence-corrected chi connectivity index (χ1v) is 11.3. The van der Waals surface area contributed by atoms with Gasteiger partial charge in [-0.15, -0.1) is 0 Å². The normalized spacial score (nSPS) is 17.3. The van der Waals surface area contributed by atoms with Crippen molar-refractivity contribution in [2.24, 2.45) is 0 Å². The second-order valence-electron chi connectivity index (χ2n) is 8.38. The summed E-state index contributed by atoms with van der Waals surface area (Å²) in [5, 5.41) is 51.9. The van der Waals surface area contributed by atoms with Crippen molar-refractivity contribution in [3.05, 3.63) is 29.8 Å². The fraction of sp³-hybridized carbons (Fsp3) is 0.545. The van der Waals surface area contributed by atoms with Crippen LogP contribution in [-0.4, -0.2) is 87.8 Å². The number of phenols is 1. The average Bonchev–Trinajstić information content (AvgIpc) is 3.33. The molecule has 1 saturated heterocycles. The van der Waals surface area contributed by atoms with E-state index in [1.807, 2.05) is 0 Å². The van der Waals surface area contributed by atoms with Crippen LogP contribution in [0.1, 0.15) is 31.7 Å². The van der Waals surface area contributed by atoms with Crippen molar-refractivity contribution >= 4 is 23.7 Å². The predicted molar refractivity (Wildman–Crippen MR) is 123 cm³/mol. The maximum atomic E-state index is 12.7. The summed E-state index contributed by atoms with van der Waals surface area (Å²) in [5.74, 6) is -5.48. The molecule has 0 radical (unpaired) electrons. The molecule has 0 aromatic heterocycles. The van der Waals surface area contributed by atoms with Crippen molar-refractivity contribution in [2.75, 3.05) is 19.6 Å². The lowest BCUT2D eigenvalue weighted by Gasteiger charge is -2.33. The summed E-state index contributed by atoms with van der Waals surface area (Å²) in [7, 11) is 0. The zero-order chi connectivity index (χ0) is 26.0. The summed E-state index contributed by atoms with van der Waals surface area (Å²) in [6.07, 6.45) is 1.07. The SMILES string of the molecule is C[C@H](NC(=O)CNC(=O)[C@@H]1CCCN1)C(=O)N[C@@H](Cc1ccc(O)cc1)C(O)(O)NCCC(=O)O. The Balaban J connectivity index is 1.96. The summed E-state index contributed by atoms with van der Waals surface area (Å²) in [6.45, 7) is 1.51. The highest BCUT2D eigenvalue weighted by atomic mass is 16.5. The highest BCUT2D eigenvalue weighted by Gasteiger charge is 2.36. The zero-order valence-corrected chi connectivity index (χ0v) is 19.4. The van der Waals surface area contributed by atoms with E-state index in [1.165, 1.54) is 31.2 Å². The summed E-state index contributed by atoms with van der Waals surface area (Å²) in [5.41, 5.74) is 0.542. The Morgan fingerprint density at radius 2 is 1.83 bits per heavy atom. The smallest absolute Gasteiger partial charge is 0.304 e. The van der Waals surface area contributed by atoms with Gasteiger partial charge in [0.25, 0.3) is 0 Å². The van der Waals surface area contributed by atoms with Gasteiger partial charge in [-0.1, -0.05) is 12.1 Å². The minimum Gasteiger partial charge on any atom is -0.508 e. The number of phenolic OH excluding ortho intramolecular Hbond substituents is 1. The lowest BCUT2D eigenvalue weighted by atomic mass is 10.0. The Kier molecular flexibility index (Phi) is 10.4. The number of aromatic hydroxyl groups is 1. The molecule has 13 heteroatoms. The van der Waals surface area contributed by atoms with Gasteiger partial charge in [-0.2, -0.15) is 0 Å². The predicted octanol–water partition coefficient (Wildman–Crippen LogP) is -2.50. The first-order chi connectivity index (χ1) is 16.5. The number of aliphatic carboxylic acids is 1. The molecule has 0 bridgehead atoms. The minimum atomic E-state index is -2.69. The van der Waals surface area contributed by atoms with Crippen LogP contribution in [0.25, 0.3) is 0 Å². The molecule has 1 aliphatic rings. The van der Waals surface area contributed by atoms with E-state index in [0.717, 1.165) is 13.0 Å². The van der Waals surface area contributed by atoms with Gasteiger partial charge in [0.15, 0.2) is 0 Å². The number of carbonyl (C=O) groups is 4. The molecule has 1 aromatic rings. The second-order valence-corrected chi connectivity index (χ2v) is 8.38. The van der Waals surface area contributed by atoms with Crippen molar-refractivity contribution in [3.63, 3.8) is 0 Å². The third-order valence-corrected chi connectivity index (χ3v) is 5.47. The minimum absolute atomic E-state index is 0.000294. The lowest BCUT2D eigenvalue weighted by molar-refractivity contribution is -0.207. The van der Waals surface area contributed by atoms with E-state index in [0.29, 0.717) is 12.0 Å². The molecule has 1 aromatic carbocycles. The number of carbonyl (C=O) groups excluding carboxylic acids is 3. The third-order valence-electron chi connectivity index (χ3n) is 5.47. The van der Waals surface area contributed by atoms with Gasteiger partial charge in [0.2, 0.25) is 23.6 Å². The van der Waals surface area contributed by atoms with E-state index in [1.54, 1.807) is 0 Å². The molecule has 1 heterocycles. The maximum absolute atomic E-state index is 12.7. The molecule has 0 spiro atoms. The number of benzene rings is 1. The van der Waals surface area contributed by atoms with Crippen LogP contribution in [0.4, 0.5) is 0 Å². The van der Waals surface area contributed by atoms with Gasteiger partial charge in [0.1, 0.15) is 17.8 Å². The number of amides is 3. The van der Waals surface area contributed by atoms with Gasteiger partial charge < -0.3 is 41.7 Å². The number of rotatable bonds is 13. The number of hydrogen-bond donors (Lipinski definition) is 9. The molecule has 3 atom stereocenters. The van der Waals surface area contributed by atoms with Gasteiger partial charge in [-0.3, -0.25) is 24.5 Å². The average molecular weight is 496 g/mol. The van der Waals surface area contributed by atoms with Crippen molar-refractivity contribution in [2.45, 2.75) is 56.6 Å². The summed E-state index contributed by atoms with van der Waals surface area (Å²) >= 11 is 0. The fourth-order valence-corrected chi connectivity index (χ4v) is 3.49. The number of nitrogens with one attached hydrogen (secondary N) is 5. The Morgan fingerprint density at radius 1 is 1.14 bits per heavy atom. The first-order valence-electron chi connectivity index (χ1n) is 11.3. The van der Waals surface area contributed by atoms with Crippen molar-refractivity contribution < 1.29 is 39.6 Å². The monoisotopic (exact) mass is 495 g/mol. The Bertz CT molecular complexity index is 886. The molecule has 2 rings (SSSR count). The van der Waals surface area contributed by atoms with E-state index in [2.05, 4.69) is 26.6 Å². The van der Waals surface area contributed by atoms with Crippen LogP contribution in [0.2, 0.25) is 0 Å². The Labute approximate surface area is 202 Å². The van der Waals surface area contributed by atoms with Crippen LogP contribution >= 0.6 is 0 Å². The molecular weight excluding hydrogens is 462 g/mol. The number of carboxylic acid groups (broad SMARTS) is 1. The van der Waals surface area contributed by atoms with Crippen LogP contribution < -0.4 is 26.6 Å². The topological polar surface area (TPSA) is 209 Å². The number of aliphatic hydroxyl groups is 2. The van der Waals surface area contributed by atoms with Gasteiger partial charge in [0.05, 0.1) is 19.0 Å². The molecule has 0 unspecified atom stereocenters. The van der Waals surface area contributed by atoms with E-state index in [9.17, 15) is 34.5 Å². The van der Waals surface area contributed by atoms with Gasteiger partial charge in [0, 0.05) is 6.54 Å². The third kappa shape index (κ3) is 9.48. The van der Waals surface area contributed by atoms with Crippen molar-refractivity contribution in [3.8, 4) is 5.75 Å². The fourth-order valence-electron chi connectivity index (χ4n) is 3.49. The molecular formula is C22H33N5O8. The largest absolute Gasteiger partial charge is 0.508 e. The van der Waals surface area contributed by atoms with E-state index < -0.39 is 42.2 Å². The van der Waals surface area contributed by atoms with Gasteiger partial charge >= 0.3 is 5.97 Å². The zero-order valence-electron chi connectivity index (χ0n) is 19.4. The van der Waals surface area contributed by atoms with Crippen molar-refractivity contribution in [1.29, 1.82) is 0 Å². The standard InChI is InChI=1S/C22H33N5O8/c1-13(26-18(29)12-24-21(33)16-3-2-9-23-16)20(32)27-17(11-14-4-6-15(28)7-5-14)22(34,35)25-10-8-19(30)31/h4-7,13,16-17,23,25,28,34-35H,2-3,8-12H2,1H3,(H,24,33)(H,26,29)(H,27,32)(H,30,31)/t13-,16-,17-/m0/s1. The lowest BCUT2D eigenvalue weighted by Crippen LogP contribution is -2.64. The first kappa shape index (κ1) is 28.0. The molecule has 13 nitrogen and oxygen atoms in total. The van der Waals surface area contributed by atoms with E-state index >= 15 is 0 Å². The maximum Gasteiger partial charge on any atom is 0.304 e. The van der Waals surface area contributed by atoms with Crippen LogP contribution in [-0.2, 0) is 25.6 Å². The number of carboxylic acids is 1. The second kappa shape index (κ2) is 13.0. The van der Waals surface area contributed by atoms with E-state index in [4.69, 9.17) is 5.11 Å². The van der Waals surface area contributed by atoms with Gasteiger partial charge in [-0.25, -0.2) is 0 Å². The molecule has 1 fully saturated rings. The molecule has 0 saturated carbocycles. The van der Waals surface area contributed by atoms with E-state index in [-0.39, 0.29) is 37.2 Å². The van der Waals surface area contributed by atoms with Crippen LogP contribution in [0, 0.1) is 0 Å². The molecule has 194 valence electrons. The molecule has 9 N–H and O–H groups in total. The quantitative estimate of drug-likeness (QED) is 0.131. The van der Waals surface area contributed by atoms with Crippen LogP contribution in [0.3, 0.4) is 0 Å².